The molecule has 0 radical (unpaired) electrons. The minimum Gasteiger partial charge on any atom is -0.389 e. The van der Waals surface area contributed by atoms with Crippen molar-refractivity contribution >= 4 is 0 Å². The van der Waals surface area contributed by atoms with Crippen molar-refractivity contribution in [2.45, 2.75) is 52.2 Å². The van der Waals surface area contributed by atoms with Gasteiger partial charge in [0.15, 0.2) is 0 Å². The Labute approximate surface area is 87.8 Å². The van der Waals surface area contributed by atoms with Crippen LogP contribution in [0.3, 0.4) is 0 Å². The van der Waals surface area contributed by atoms with Crippen LogP contribution in [0, 0.1) is 0 Å². The molecule has 0 bridgehead atoms. The van der Waals surface area contributed by atoms with Crippen molar-refractivity contribution in [2.24, 2.45) is 0 Å². The minimum atomic E-state index is -0.445. The molecule has 0 aliphatic heterocycles. The van der Waals surface area contributed by atoms with E-state index in [0.29, 0.717) is 6.61 Å². The van der Waals surface area contributed by atoms with E-state index >= 15 is 0 Å². The SMILES string of the molecule is CCCCOCC(O)C(C)(C)NCC. The van der Waals surface area contributed by atoms with Crippen LogP contribution >= 0.6 is 0 Å². The second-order valence-electron chi connectivity index (χ2n) is 4.20. The Morgan fingerprint density at radius 1 is 1.36 bits per heavy atom. The third-order valence-electron chi connectivity index (χ3n) is 2.38. The Morgan fingerprint density at radius 2 is 2.00 bits per heavy atom. The Hall–Kier alpha value is -0.120. The van der Waals surface area contributed by atoms with E-state index in [9.17, 15) is 5.11 Å². The third kappa shape index (κ3) is 5.58. The van der Waals surface area contributed by atoms with Crippen molar-refractivity contribution in [2.75, 3.05) is 19.8 Å². The largest absolute Gasteiger partial charge is 0.389 e. The van der Waals surface area contributed by atoms with E-state index in [1.807, 2.05) is 20.8 Å². The van der Waals surface area contributed by atoms with Crippen molar-refractivity contribution in [1.29, 1.82) is 0 Å². The molecule has 0 saturated carbocycles. The van der Waals surface area contributed by atoms with Crippen molar-refractivity contribution in [3.05, 3.63) is 0 Å². The summed E-state index contributed by atoms with van der Waals surface area (Å²) < 4.78 is 5.38. The van der Waals surface area contributed by atoms with Crippen molar-refractivity contribution in [1.82, 2.24) is 5.32 Å². The molecular weight excluding hydrogens is 178 g/mol. The van der Waals surface area contributed by atoms with Gasteiger partial charge in [-0.25, -0.2) is 0 Å². The van der Waals surface area contributed by atoms with Gasteiger partial charge in [0.25, 0.3) is 0 Å². The second-order valence-corrected chi connectivity index (χ2v) is 4.20. The van der Waals surface area contributed by atoms with Crippen molar-refractivity contribution in [3.8, 4) is 0 Å². The topological polar surface area (TPSA) is 41.5 Å². The summed E-state index contributed by atoms with van der Waals surface area (Å²) in [5.74, 6) is 0. The summed E-state index contributed by atoms with van der Waals surface area (Å²) in [6.45, 7) is 10.2. The standard InChI is InChI=1S/C11H25NO2/c1-5-7-8-14-9-10(13)11(3,4)12-6-2/h10,12-13H,5-9H2,1-4H3. The van der Waals surface area contributed by atoms with Crippen LogP contribution in [0.4, 0.5) is 0 Å². The summed E-state index contributed by atoms with van der Waals surface area (Å²) >= 11 is 0. The molecule has 0 fully saturated rings. The van der Waals surface area contributed by atoms with E-state index in [0.717, 1.165) is 26.0 Å². The molecule has 2 N–H and O–H groups in total. The lowest BCUT2D eigenvalue weighted by molar-refractivity contribution is -0.00806. The predicted molar refractivity (Wildman–Crippen MR) is 59.5 cm³/mol. The normalized spacial score (nSPS) is 14.4. The lowest BCUT2D eigenvalue weighted by atomic mass is 9.98. The van der Waals surface area contributed by atoms with Gasteiger partial charge in [-0.1, -0.05) is 20.3 Å². The average molecular weight is 203 g/mol. The number of rotatable bonds is 8. The monoisotopic (exact) mass is 203 g/mol. The van der Waals surface area contributed by atoms with Crippen LogP contribution < -0.4 is 5.32 Å². The molecule has 0 spiro atoms. The number of unbranched alkanes of at least 4 members (excludes halogenated alkanes) is 1. The maximum Gasteiger partial charge on any atom is 0.0949 e. The van der Waals surface area contributed by atoms with Gasteiger partial charge in [-0.2, -0.15) is 0 Å². The molecule has 0 heterocycles. The zero-order valence-electron chi connectivity index (χ0n) is 9.97. The molecule has 0 aromatic carbocycles. The highest BCUT2D eigenvalue weighted by atomic mass is 16.5. The van der Waals surface area contributed by atoms with Crippen molar-refractivity contribution < 1.29 is 9.84 Å². The van der Waals surface area contributed by atoms with E-state index in [-0.39, 0.29) is 5.54 Å². The molecule has 3 nitrogen and oxygen atoms in total. The Balaban J connectivity index is 3.65. The first kappa shape index (κ1) is 13.9. The summed E-state index contributed by atoms with van der Waals surface area (Å²) in [5, 5.41) is 13.1. The smallest absolute Gasteiger partial charge is 0.0949 e. The first-order chi connectivity index (χ1) is 6.54. The fourth-order valence-corrected chi connectivity index (χ4v) is 1.22. The quantitative estimate of drug-likeness (QED) is 0.588. The molecule has 0 amide bonds. The van der Waals surface area contributed by atoms with Crippen LogP contribution in [-0.4, -0.2) is 36.5 Å². The minimum absolute atomic E-state index is 0.263. The molecule has 0 aliphatic rings. The molecule has 86 valence electrons. The van der Waals surface area contributed by atoms with Gasteiger partial charge in [-0.3, -0.25) is 0 Å². The molecular formula is C11H25NO2. The number of aliphatic hydroxyl groups excluding tert-OH is 1. The molecule has 0 aromatic rings. The molecule has 3 heteroatoms. The van der Waals surface area contributed by atoms with E-state index in [4.69, 9.17) is 4.74 Å². The maximum absolute atomic E-state index is 9.82. The lowest BCUT2D eigenvalue weighted by Gasteiger charge is -2.31. The number of aliphatic hydroxyl groups is 1. The van der Waals surface area contributed by atoms with Gasteiger partial charge in [0, 0.05) is 12.1 Å². The number of nitrogens with one attached hydrogen (secondary N) is 1. The van der Waals surface area contributed by atoms with E-state index < -0.39 is 6.10 Å². The highest BCUT2D eigenvalue weighted by molar-refractivity contribution is 4.85. The first-order valence-corrected chi connectivity index (χ1v) is 5.55. The Bertz CT molecular complexity index is 137. The fraction of sp³-hybridized carbons (Fsp3) is 1.00. The van der Waals surface area contributed by atoms with E-state index in [1.165, 1.54) is 0 Å². The summed E-state index contributed by atoms with van der Waals surface area (Å²) in [5.41, 5.74) is -0.263. The molecule has 1 atom stereocenters. The maximum atomic E-state index is 9.82. The van der Waals surface area contributed by atoms with Gasteiger partial charge in [0.05, 0.1) is 12.7 Å². The Kier molecular flexibility index (Phi) is 7.15. The fourth-order valence-electron chi connectivity index (χ4n) is 1.22. The summed E-state index contributed by atoms with van der Waals surface area (Å²) in [6.07, 6.45) is 1.75. The van der Waals surface area contributed by atoms with Gasteiger partial charge >= 0.3 is 0 Å². The first-order valence-electron chi connectivity index (χ1n) is 5.55. The third-order valence-corrected chi connectivity index (χ3v) is 2.38. The Morgan fingerprint density at radius 3 is 2.50 bits per heavy atom. The van der Waals surface area contributed by atoms with Crippen LogP contribution in [0.15, 0.2) is 0 Å². The summed E-state index contributed by atoms with van der Waals surface area (Å²) in [4.78, 5) is 0. The highest BCUT2D eigenvalue weighted by Gasteiger charge is 2.26. The van der Waals surface area contributed by atoms with Gasteiger partial charge in [-0.05, 0) is 26.8 Å². The van der Waals surface area contributed by atoms with E-state index in [1.54, 1.807) is 0 Å². The van der Waals surface area contributed by atoms with Gasteiger partial charge < -0.3 is 15.2 Å². The number of hydrogen-bond acceptors (Lipinski definition) is 3. The molecule has 14 heavy (non-hydrogen) atoms. The summed E-state index contributed by atoms with van der Waals surface area (Å²) in [7, 11) is 0. The van der Waals surface area contributed by atoms with Gasteiger partial charge in [0.1, 0.15) is 0 Å². The number of likely N-dealkylation sites (N-methyl/N-ethyl adjacent to an activating group) is 1. The number of hydrogen-bond donors (Lipinski definition) is 2. The van der Waals surface area contributed by atoms with Crippen LogP contribution in [0.1, 0.15) is 40.5 Å². The van der Waals surface area contributed by atoms with Crippen LogP contribution in [0.25, 0.3) is 0 Å². The molecule has 0 aromatic heterocycles. The molecule has 0 saturated heterocycles. The zero-order valence-corrected chi connectivity index (χ0v) is 9.97. The lowest BCUT2D eigenvalue weighted by Crippen LogP contribution is -2.51. The van der Waals surface area contributed by atoms with Crippen LogP contribution in [0.2, 0.25) is 0 Å². The van der Waals surface area contributed by atoms with Crippen molar-refractivity contribution in [3.63, 3.8) is 0 Å². The molecule has 0 rings (SSSR count). The van der Waals surface area contributed by atoms with Gasteiger partial charge in [-0.15, -0.1) is 0 Å². The highest BCUT2D eigenvalue weighted by Crippen LogP contribution is 2.09. The van der Waals surface area contributed by atoms with Gasteiger partial charge in [0.2, 0.25) is 0 Å². The molecule has 0 aliphatic carbocycles. The molecule has 1 unspecified atom stereocenters. The average Bonchev–Trinajstić information content (AvgIpc) is 2.12. The second kappa shape index (κ2) is 7.21. The zero-order chi connectivity index (χ0) is 11.0. The van der Waals surface area contributed by atoms with Crippen LogP contribution in [-0.2, 0) is 4.74 Å². The van der Waals surface area contributed by atoms with E-state index in [2.05, 4.69) is 12.2 Å². The predicted octanol–water partition coefficient (Wildman–Crippen LogP) is 1.55. The summed E-state index contributed by atoms with van der Waals surface area (Å²) in [6, 6.07) is 0. The van der Waals surface area contributed by atoms with Crippen LogP contribution in [0.5, 0.6) is 0 Å². The number of ether oxygens (including phenoxy) is 1.